The number of benzene rings is 1. The number of aromatic amines is 2. The van der Waals surface area contributed by atoms with Gasteiger partial charge in [0, 0.05) is 0 Å². The van der Waals surface area contributed by atoms with Gasteiger partial charge in [-0.25, -0.2) is 0 Å². The molecule has 3 heteroatoms. The van der Waals surface area contributed by atoms with E-state index in [-0.39, 0.29) is 5.56 Å². The molecule has 0 amide bonds. The minimum absolute atomic E-state index is 0.0414. The zero-order valence-corrected chi connectivity index (χ0v) is 6.85. The number of hydrogen-bond donors (Lipinski definition) is 2. The lowest BCUT2D eigenvalue weighted by Gasteiger charge is -1.95. The SMILES string of the molecule is CCc1cccc2c(=O)[nH][nH]c12. The van der Waals surface area contributed by atoms with Crippen LogP contribution in [-0.2, 0) is 6.42 Å². The smallest absolute Gasteiger partial charge is 0.271 e. The monoisotopic (exact) mass is 162 g/mol. The van der Waals surface area contributed by atoms with Crippen molar-refractivity contribution >= 4 is 10.9 Å². The van der Waals surface area contributed by atoms with Crippen LogP contribution in [-0.4, -0.2) is 10.2 Å². The number of fused-ring (bicyclic) bond motifs is 1. The standard InChI is InChI=1S/C9H10N2O/c1-2-6-4-3-5-7-8(6)10-11-9(7)12/h3-5H,2H2,1H3,(H2,10,11,12). The Kier molecular flexibility index (Phi) is 1.50. The van der Waals surface area contributed by atoms with Gasteiger partial charge in [0.2, 0.25) is 0 Å². The summed E-state index contributed by atoms with van der Waals surface area (Å²) in [7, 11) is 0. The predicted octanol–water partition coefficient (Wildman–Crippen LogP) is 1.42. The highest BCUT2D eigenvalue weighted by molar-refractivity contribution is 5.80. The van der Waals surface area contributed by atoms with Crippen LogP contribution in [0.5, 0.6) is 0 Å². The average molecular weight is 162 g/mol. The summed E-state index contributed by atoms with van der Waals surface area (Å²) in [6, 6.07) is 5.75. The average Bonchev–Trinajstić information content (AvgIpc) is 2.48. The van der Waals surface area contributed by atoms with Gasteiger partial charge in [-0.05, 0) is 18.1 Å². The largest absolute Gasteiger partial charge is 0.297 e. The lowest BCUT2D eigenvalue weighted by Crippen LogP contribution is -1.96. The van der Waals surface area contributed by atoms with E-state index in [4.69, 9.17) is 0 Å². The Morgan fingerprint density at radius 2 is 2.17 bits per heavy atom. The molecule has 1 aromatic heterocycles. The van der Waals surface area contributed by atoms with Crippen molar-refractivity contribution in [2.45, 2.75) is 13.3 Å². The molecule has 0 atom stereocenters. The molecule has 62 valence electrons. The Hall–Kier alpha value is -1.51. The van der Waals surface area contributed by atoms with Gasteiger partial charge in [-0.3, -0.25) is 15.0 Å². The van der Waals surface area contributed by atoms with E-state index in [1.807, 2.05) is 18.2 Å². The molecule has 3 nitrogen and oxygen atoms in total. The van der Waals surface area contributed by atoms with Gasteiger partial charge in [0.05, 0.1) is 10.9 Å². The second-order valence-corrected chi connectivity index (χ2v) is 2.77. The first-order valence-electron chi connectivity index (χ1n) is 4.01. The van der Waals surface area contributed by atoms with Gasteiger partial charge in [-0.2, -0.15) is 0 Å². The van der Waals surface area contributed by atoms with E-state index in [9.17, 15) is 4.79 Å². The Balaban J connectivity index is 2.90. The van der Waals surface area contributed by atoms with Crippen LogP contribution in [0.3, 0.4) is 0 Å². The van der Waals surface area contributed by atoms with Gasteiger partial charge >= 0.3 is 0 Å². The molecule has 2 aromatic rings. The van der Waals surface area contributed by atoms with Gasteiger partial charge in [0.25, 0.3) is 5.56 Å². The van der Waals surface area contributed by atoms with Crippen LogP contribution < -0.4 is 5.56 Å². The minimum Gasteiger partial charge on any atom is -0.297 e. The summed E-state index contributed by atoms with van der Waals surface area (Å²) in [5, 5.41) is 6.19. The number of H-pyrrole nitrogens is 2. The molecule has 0 fully saturated rings. The first-order chi connectivity index (χ1) is 5.83. The van der Waals surface area contributed by atoms with Crippen LogP contribution in [0, 0.1) is 0 Å². The lowest BCUT2D eigenvalue weighted by atomic mass is 10.1. The van der Waals surface area contributed by atoms with E-state index < -0.39 is 0 Å². The fraction of sp³-hybridized carbons (Fsp3) is 0.222. The molecule has 0 bridgehead atoms. The molecule has 0 aliphatic rings. The van der Waals surface area contributed by atoms with Crippen LogP contribution in [0.15, 0.2) is 23.0 Å². The Bertz CT molecular complexity index is 453. The van der Waals surface area contributed by atoms with E-state index in [2.05, 4.69) is 17.1 Å². The molecule has 2 N–H and O–H groups in total. The van der Waals surface area contributed by atoms with Crippen LogP contribution in [0.4, 0.5) is 0 Å². The summed E-state index contributed by atoms with van der Waals surface area (Å²) in [5.74, 6) is 0. The van der Waals surface area contributed by atoms with Crippen LogP contribution in [0.1, 0.15) is 12.5 Å². The van der Waals surface area contributed by atoms with Crippen LogP contribution in [0.2, 0.25) is 0 Å². The Labute approximate surface area is 69.4 Å². The molecule has 2 rings (SSSR count). The summed E-state index contributed by atoms with van der Waals surface area (Å²) in [5.41, 5.74) is 2.07. The highest BCUT2D eigenvalue weighted by Gasteiger charge is 2.02. The quantitative estimate of drug-likeness (QED) is 0.654. The third-order valence-electron chi connectivity index (χ3n) is 2.08. The molecule has 0 spiro atoms. The van der Waals surface area contributed by atoms with Crippen molar-refractivity contribution in [3.63, 3.8) is 0 Å². The molecular formula is C9H10N2O. The van der Waals surface area contributed by atoms with Gasteiger partial charge in [-0.15, -0.1) is 0 Å². The summed E-state index contributed by atoms with van der Waals surface area (Å²) >= 11 is 0. The van der Waals surface area contributed by atoms with Gasteiger partial charge in [0.15, 0.2) is 0 Å². The molecule has 0 saturated carbocycles. The Morgan fingerprint density at radius 3 is 2.92 bits per heavy atom. The zero-order valence-electron chi connectivity index (χ0n) is 6.85. The van der Waals surface area contributed by atoms with Crippen molar-refractivity contribution in [1.82, 2.24) is 10.2 Å². The third kappa shape index (κ3) is 0.863. The van der Waals surface area contributed by atoms with E-state index in [1.165, 1.54) is 5.56 Å². The van der Waals surface area contributed by atoms with Crippen LogP contribution >= 0.6 is 0 Å². The minimum atomic E-state index is -0.0414. The molecule has 0 aliphatic heterocycles. The Morgan fingerprint density at radius 1 is 1.33 bits per heavy atom. The van der Waals surface area contributed by atoms with Gasteiger partial charge < -0.3 is 0 Å². The van der Waals surface area contributed by atoms with Crippen molar-refractivity contribution in [1.29, 1.82) is 0 Å². The van der Waals surface area contributed by atoms with Gasteiger partial charge in [0.1, 0.15) is 0 Å². The highest BCUT2D eigenvalue weighted by atomic mass is 16.1. The van der Waals surface area contributed by atoms with Crippen molar-refractivity contribution in [2.75, 3.05) is 0 Å². The molecule has 0 radical (unpaired) electrons. The highest BCUT2D eigenvalue weighted by Crippen LogP contribution is 2.12. The summed E-state index contributed by atoms with van der Waals surface area (Å²) in [6.45, 7) is 2.07. The number of para-hydroxylation sites is 1. The van der Waals surface area contributed by atoms with Crippen molar-refractivity contribution in [3.05, 3.63) is 34.1 Å². The zero-order chi connectivity index (χ0) is 8.55. The molecule has 0 aliphatic carbocycles. The maximum atomic E-state index is 11.2. The topological polar surface area (TPSA) is 48.6 Å². The third-order valence-corrected chi connectivity index (χ3v) is 2.08. The normalized spacial score (nSPS) is 10.8. The molecule has 12 heavy (non-hydrogen) atoms. The maximum absolute atomic E-state index is 11.2. The molecule has 0 unspecified atom stereocenters. The second kappa shape index (κ2) is 2.52. The fourth-order valence-electron chi connectivity index (χ4n) is 1.42. The maximum Gasteiger partial charge on any atom is 0.271 e. The van der Waals surface area contributed by atoms with Crippen molar-refractivity contribution in [3.8, 4) is 0 Å². The molecule has 1 aromatic carbocycles. The van der Waals surface area contributed by atoms with E-state index >= 15 is 0 Å². The van der Waals surface area contributed by atoms with E-state index in [1.54, 1.807) is 0 Å². The first kappa shape index (κ1) is 7.16. The number of nitrogens with one attached hydrogen (secondary N) is 2. The van der Waals surface area contributed by atoms with E-state index in [0.29, 0.717) is 0 Å². The summed E-state index contributed by atoms with van der Waals surface area (Å²) in [6.07, 6.45) is 0.936. The van der Waals surface area contributed by atoms with Crippen molar-refractivity contribution < 1.29 is 0 Å². The van der Waals surface area contributed by atoms with Crippen LogP contribution in [0.25, 0.3) is 10.9 Å². The number of hydrogen-bond acceptors (Lipinski definition) is 1. The predicted molar refractivity (Wildman–Crippen MR) is 48.3 cm³/mol. The van der Waals surface area contributed by atoms with Crippen molar-refractivity contribution in [2.24, 2.45) is 0 Å². The molecular weight excluding hydrogens is 152 g/mol. The molecule has 1 heterocycles. The van der Waals surface area contributed by atoms with Gasteiger partial charge in [-0.1, -0.05) is 19.1 Å². The summed E-state index contributed by atoms with van der Waals surface area (Å²) < 4.78 is 0. The first-order valence-corrected chi connectivity index (χ1v) is 4.01. The summed E-state index contributed by atoms with van der Waals surface area (Å²) in [4.78, 5) is 11.2. The number of rotatable bonds is 1. The van der Waals surface area contributed by atoms with E-state index in [0.717, 1.165) is 17.3 Å². The molecule has 0 saturated heterocycles. The number of aryl methyl sites for hydroxylation is 1. The fourth-order valence-corrected chi connectivity index (χ4v) is 1.42. The number of aromatic nitrogens is 2. The lowest BCUT2D eigenvalue weighted by molar-refractivity contribution is 1.06. The second-order valence-electron chi connectivity index (χ2n) is 2.77.